The molecular formula is C26H32N4O5. The highest BCUT2D eigenvalue weighted by atomic mass is 16.6. The average Bonchev–Trinajstić information content (AvgIpc) is 3.18. The van der Waals surface area contributed by atoms with Crippen LogP contribution in [0, 0.1) is 11.8 Å². The fourth-order valence-electron chi connectivity index (χ4n) is 3.71. The third kappa shape index (κ3) is 6.89. The Kier molecular flexibility index (Phi) is 8.59. The molecular weight excluding hydrogens is 448 g/mol. The van der Waals surface area contributed by atoms with Crippen molar-refractivity contribution in [3.8, 4) is 0 Å². The normalized spacial score (nSPS) is 16.2. The van der Waals surface area contributed by atoms with Crippen molar-refractivity contribution < 1.29 is 23.9 Å². The Balaban J connectivity index is 1.75. The first-order chi connectivity index (χ1) is 16.7. The number of nitrogens with zero attached hydrogens (tertiary/aromatic N) is 1. The molecule has 2 unspecified atom stereocenters. The van der Waals surface area contributed by atoms with Crippen LogP contribution in [-0.2, 0) is 9.53 Å². The molecule has 0 saturated carbocycles. The molecule has 9 nitrogen and oxygen atoms in total. The summed E-state index contributed by atoms with van der Waals surface area (Å²) in [6, 6.07) is 14.3. The maximum absolute atomic E-state index is 13.2. The van der Waals surface area contributed by atoms with Gasteiger partial charge in [0.25, 0.3) is 11.8 Å². The molecule has 2 aromatic rings. The molecule has 35 heavy (non-hydrogen) atoms. The Morgan fingerprint density at radius 1 is 0.943 bits per heavy atom. The first-order valence-electron chi connectivity index (χ1n) is 11.7. The number of carbonyl (C=O) groups excluding carboxylic acids is 4. The van der Waals surface area contributed by atoms with Gasteiger partial charge in [-0.2, -0.15) is 5.43 Å². The van der Waals surface area contributed by atoms with Crippen LogP contribution in [-0.4, -0.2) is 47.5 Å². The molecule has 0 aliphatic carbocycles. The van der Waals surface area contributed by atoms with Crippen LogP contribution in [0.5, 0.6) is 0 Å². The van der Waals surface area contributed by atoms with Crippen molar-refractivity contribution in [3.63, 3.8) is 0 Å². The molecule has 0 aromatic heterocycles. The highest BCUT2D eigenvalue weighted by Crippen LogP contribution is 2.19. The van der Waals surface area contributed by atoms with Gasteiger partial charge in [-0.05, 0) is 42.5 Å². The molecule has 0 bridgehead atoms. The second kappa shape index (κ2) is 11.6. The molecule has 2 aromatic carbocycles. The lowest BCUT2D eigenvalue weighted by molar-refractivity contribution is -0.129. The van der Waals surface area contributed by atoms with Gasteiger partial charge in [-0.3, -0.25) is 14.4 Å². The zero-order chi connectivity index (χ0) is 25.5. The minimum absolute atomic E-state index is 0.0844. The van der Waals surface area contributed by atoms with E-state index in [1.54, 1.807) is 48.5 Å². The molecule has 1 saturated heterocycles. The molecule has 3 amide bonds. The summed E-state index contributed by atoms with van der Waals surface area (Å²) in [4.78, 5) is 51.2. The summed E-state index contributed by atoms with van der Waals surface area (Å²) in [6.07, 6.45) is -1.46. The molecule has 1 aliphatic rings. The minimum Gasteiger partial charge on any atom is -0.420 e. The Morgan fingerprint density at radius 2 is 1.60 bits per heavy atom. The standard InChI is InChI=1S/C26H32N4O5/c1-16(2)14-21(22(31)25-29-30(15-17(3)4)26(34)35-25)28-24(33)19-12-8-9-13-20(19)27-23(32)18-10-6-5-7-11-18/h5-13,16-17,21,25,29H,14-15H2,1-4H3,(H,27,32)(H,28,33). The first-order valence-corrected chi connectivity index (χ1v) is 11.7. The average molecular weight is 481 g/mol. The number of amides is 3. The summed E-state index contributed by atoms with van der Waals surface area (Å²) in [6.45, 7) is 8.14. The molecule has 9 heteroatoms. The Morgan fingerprint density at radius 3 is 2.26 bits per heavy atom. The van der Waals surface area contributed by atoms with E-state index in [4.69, 9.17) is 4.74 Å². The second-order valence-corrected chi connectivity index (χ2v) is 9.32. The largest absolute Gasteiger partial charge is 0.426 e. The number of hydrogen-bond donors (Lipinski definition) is 3. The molecule has 3 N–H and O–H groups in total. The van der Waals surface area contributed by atoms with E-state index in [0.29, 0.717) is 24.2 Å². The highest BCUT2D eigenvalue weighted by Gasteiger charge is 2.39. The van der Waals surface area contributed by atoms with Crippen LogP contribution in [0.1, 0.15) is 54.8 Å². The van der Waals surface area contributed by atoms with Gasteiger partial charge in [-0.25, -0.2) is 9.80 Å². The Bertz CT molecular complexity index is 1070. The van der Waals surface area contributed by atoms with Crippen LogP contribution in [0.25, 0.3) is 0 Å². The van der Waals surface area contributed by atoms with Crippen LogP contribution in [0.3, 0.4) is 0 Å². The maximum Gasteiger partial charge on any atom is 0.426 e. The van der Waals surface area contributed by atoms with E-state index in [9.17, 15) is 19.2 Å². The summed E-state index contributed by atoms with van der Waals surface area (Å²) < 4.78 is 5.23. The molecule has 0 radical (unpaired) electrons. The van der Waals surface area contributed by atoms with Crippen molar-refractivity contribution >= 4 is 29.4 Å². The number of ether oxygens (including phenoxy) is 1. The molecule has 0 spiro atoms. The van der Waals surface area contributed by atoms with Crippen LogP contribution in [0.4, 0.5) is 10.5 Å². The lowest BCUT2D eigenvalue weighted by atomic mass is 9.98. The van der Waals surface area contributed by atoms with E-state index in [-0.39, 0.29) is 23.3 Å². The number of Topliss-reactive ketones (excluding diaryl/α,β-unsaturated/α-hetero) is 1. The number of para-hydroxylation sites is 1. The number of benzene rings is 2. The summed E-state index contributed by atoms with van der Waals surface area (Å²) in [7, 11) is 0. The zero-order valence-electron chi connectivity index (χ0n) is 20.4. The molecule has 1 aliphatic heterocycles. The van der Waals surface area contributed by atoms with Crippen LogP contribution in [0.15, 0.2) is 54.6 Å². The van der Waals surface area contributed by atoms with Gasteiger partial charge >= 0.3 is 6.09 Å². The Hall–Kier alpha value is -3.72. The smallest absolute Gasteiger partial charge is 0.420 e. The van der Waals surface area contributed by atoms with E-state index in [1.807, 2.05) is 33.8 Å². The third-order valence-corrected chi connectivity index (χ3v) is 5.33. The van der Waals surface area contributed by atoms with Gasteiger partial charge < -0.3 is 15.4 Å². The highest BCUT2D eigenvalue weighted by molar-refractivity contribution is 6.09. The van der Waals surface area contributed by atoms with Crippen molar-refractivity contribution in [2.45, 2.75) is 46.4 Å². The summed E-state index contributed by atoms with van der Waals surface area (Å²) in [5, 5.41) is 6.81. The topological polar surface area (TPSA) is 117 Å². The number of hydrazine groups is 1. The number of carbonyl (C=O) groups is 4. The maximum atomic E-state index is 13.2. The number of ketones is 1. The Labute approximate surface area is 205 Å². The van der Waals surface area contributed by atoms with Gasteiger partial charge in [0, 0.05) is 12.1 Å². The summed E-state index contributed by atoms with van der Waals surface area (Å²) in [5.74, 6) is -1.06. The minimum atomic E-state index is -1.18. The predicted octanol–water partition coefficient (Wildman–Crippen LogP) is 3.59. The first kappa shape index (κ1) is 25.9. The van der Waals surface area contributed by atoms with Gasteiger partial charge in [0.05, 0.1) is 17.3 Å². The van der Waals surface area contributed by atoms with E-state index < -0.39 is 30.1 Å². The molecule has 3 rings (SSSR count). The molecule has 1 fully saturated rings. The fourth-order valence-corrected chi connectivity index (χ4v) is 3.71. The molecule has 186 valence electrons. The molecule has 2 atom stereocenters. The molecule has 1 heterocycles. The van der Waals surface area contributed by atoms with Gasteiger partial charge in [-0.15, -0.1) is 0 Å². The van der Waals surface area contributed by atoms with Crippen molar-refractivity contribution in [3.05, 3.63) is 65.7 Å². The van der Waals surface area contributed by atoms with E-state index in [0.717, 1.165) is 0 Å². The number of rotatable bonds is 10. The number of hydrogen-bond acceptors (Lipinski definition) is 6. The van der Waals surface area contributed by atoms with E-state index in [1.165, 1.54) is 5.01 Å². The summed E-state index contributed by atoms with van der Waals surface area (Å²) >= 11 is 0. The van der Waals surface area contributed by atoms with Gasteiger partial charge in [-0.1, -0.05) is 58.0 Å². The van der Waals surface area contributed by atoms with E-state index >= 15 is 0 Å². The van der Waals surface area contributed by atoms with Crippen LogP contribution < -0.4 is 16.1 Å². The van der Waals surface area contributed by atoms with Crippen LogP contribution >= 0.6 is 0 Å². The van der Waals surface area contributed by atoms with Crippen molar-refractivity contribution in [1.82, 2.24) is 15.8 Å². The number of nitrogens with one attached hydrogen (secondary N) is 3. The monoisotopic (exact) mass is 480 g/mol. The third-order valence-electron chi connectivity index (χ3n) is 5.33. The summed E-state index contributed by atoms with van der Waals surface area (Å²) in [5.41, 5.74) is 3.79. The van der Waals surface area contributed by atoms with Crippen molar-refractivity contribution in [2.75, 3.05) is 11.9 Å². The van der Waals surface area contributed by atoms with Crippen molar-refractivity contribution in [2.24, 2.45) is 11.8 Å². The van der Waals surface area contributed by atoms with Crippen molar-refractivity contribution in [1.29, 1.82) is 0 Å². The number of anilines is 1. The SMILES string of the molecule is CC(C)CC(NC(=O)c1ccccc1NC(=O)c1ccccc1)C(=O)C1NN(CC(C)C)C(=O)O1. The number of cyclic esters (lactones) is 1. The fraction of sp³-hybridized carbons (Fsp3) is 0.385. The zero-order valence-corrected chi connectivity index (χ0v) is 20.4. The quantitative estimate of drug-likeness (QED) is 0.479. The van der Waals surface area contributed by atoms with Gasteiger partial charge in [0.2, 0.25) is 12.0 Å². The van der Waals surface area contributed by atoms with Crippen LogP contribution in [0.2, 0.25) is 0 Å². The lowest BCUT2D eigenvalue weighted by Gasteiger charge is -2.23. The second-order valence-electron chi connectivity index (χ2n) is 9.32. The van der Waals surface area contributed by atoms with Gasteiger partial charge in [0.15, 0.2) is 0 Å². The van der Waals surface area contributed by atoms with E-state index in [2.05, 4.69) is 16.1 Å². The van der Waals surface area contributed by atoms with Gasteiger partial charge in [0.1, 0.15) is 0 Å². The predicted molar refractivity (Wildman–Crippen MR) is 132 cm³/mol. The lowest BCUT2D eigenvalue weighted by Crippen LogP contribution is -2.51.